The summed E-state index contributed by atoms with van der Waals surface area (Å²) >= 11 is 0.379. The van der Waals surface area contributed by atoms with Crippen LogP contribution in [0.1, 0.15) is 15.5 Å². The average molecular weight is 346 g/mol. The lowest BCUT2D eigenvalue weighted by atomic mass is 10.2. The van der Waals surface area contributed by atoms with Crippen LogP contribution in [0.2, 0.25) is 0 Å². The highest BCUT2D eigenvalue weighted by Gasteiger charge is 2.35. The van der Waals surface area contributed by atoms with Crippen LogP contribution < -0.4 is 14.4 Å². The number of hydrogen-bond donors (Lipinski definition) is 0. The van der Waals surface area contributed by atoms with E-state index in [9.17, 15) is 18.0 Å². The van der Waals surface area contributed by atoms with Crippen LogP contribution >= 0.6 is 11.3 Å². The summed E-state index contributed by atoms with van der Waals surface area (Å²) < 4.78 is 48.0. The number of methoxy groups -OCH3 is 2. The van der Waals surface area contributed by atoms with Crippen molar-refractivity contribution in [3.05, 3.63) is 34.3 Å². The van der Waals surface area contributed by atoms with Crippen molar-refractivity contribution in [3.63, 3.8) is 0 Å². The topological polar surface area (TPSA) is 51.7 Å². The van der Waals surface area contributed by atoms with Crippen molar-refractivity contribution in [1.82, 2.24) is 4.98 Å². The molecule has 1 aromatic heterocycles. The number of carbonyl (C=O) groups excluding carboxylic acids is 1. The van der Waals surface area contributed by atoms with Gasteiger partial charge in [-0.2, -0.15) is 13.2 Å². The maximum absolute atomic E-state index is 12.6. The van der Waals surface area contributed by atoms with E-state index in [0.717, 1.165) is 5.38 Å². The summed E-state index contributed by atoms with van der Waals surface area (Å²) in [5.41, 5.74) is 0.113. The Hall–Kier alpha value is -2.29. The van der Waals surface area contributed by atoms with Crippen molar-refractivity contribution in [3.8, 4) is 11.5 Å². The van der Waals surface area contributed by atoms with Crippen molar-refractivity contribution < 1.29 is 27.4 Å². The largest absolute Gasteiger partial charge is 0.497 e. The number of amides is 1. The van der Waals surface area contributed by atoms with Gasteiger partial charge in [-0.15, -0.1) is 11.3 Å². The molecular weight excluding hydrogens is 333 g/mol. The Balaban J connectivity index is 2.31. The SMILES string of the molecule is COc1ccc(N(C)C(=O)c2csc(C(F)(F)F)n2)c(OC)c1. The smallest absolute Gasteiger partial charge is 0.443 e. The number of alkyl halides is 3. The molecule has 1 heterocycles. The first-order valence-corrected chi connectivity index (χ1v) is 7.18. The molecule has 0 bridgehead atoms. The number of ether oxygens (including phenoxy) is 2. The highest BCUT2D eigenvalue weighted by Crippen LogP contribution is 2.34. The van der Waals surface area contributed by atoms with Gasteiger partial charge < -0.3 is 14.4 Å². The molecular formula is C14H13F3N2O3S. The second-order valence-corrected chi connectivity index (χ2v) is 5.30. The van der Waals surface area contributed by atoms with Crippen LogP contribution in [0.5, 0.6) is 11.5 Å². The van der Waals surface area contributed by atoms with Crippen LogP contribution in [0.15, 0.2) is 23.6 Å². The summed E-state index contributed by atoms with van der Waals surface area (Å²) in [6, 6.07) is 4.76. The van der Waals surface area contributed by atoms with E-state index >= 15 is 0 Å². The lowest BCUT2D eigenvalue weighted by Gasteiger charge is -2.19. The van der Waals surface area contributed by atoms with Gasteiger partial charge in [0.15, 0.2) is 5.01 Å². The van der Waals surface area contributed by atoms with Gasteiger partial charge in [0.25, 0.3) is 5.91 Å². The Morgan fingerprint density at radius 1 is 1.26 bits per heavy atom. The van der Waals surface area contributed by atoms with Crippen LogP contribution in [-0.4, -0.2) is 32.2 Å². The number of hydrogen-bond acceptors (Lipinski definition) is 5. The molecule has 0 fully saturated rings. The lowest BCUT2D eigenvalue weighted by Crippen LogP contribution is -2.27. The minimum Gasteiger partial charge on any atom is -0.497 e. The Kier molecular flexibility index (Phi) is 4.79. The van der Waals surface area contributed by atoms with Crippen molar-refractivity contribution >= 4 is 22.9 Å². The minimum atomic E-state index is -4.57. The molecule has 2 aromatic rings. The summed E-state index contributed by atoms with van der Waals surface area (Å²) in [4.78, 5) is 16.9. The molecule has 0 radical (unpaired) electrons. The zero-order valence-electron chi connectivity index (χ0n) is 12.5. The van der Waals surface area contributed by atoms with Crippen molar-refractivity contribution in [2.45, 2.75) is 6.18 Å². The van der Waals surface area contributed by atoms with Crippen molar-refractivity contribution in [1.29, 1.82) is 0 Å². The van der Waals surface area contributed by atoms with E-state index in [-0.39, 0.29) is 5.69 Å². The number of carbonyl (C=O) groups is 1. The third-order valence-electron chi connectivity index (χ3n) is 3.02. The Morgan fingerprint density at radius 3 is 2.48 bits per heavy atom. The Morgan fingerprint density at radius 2 is 1.96 bits per heavy atom. The van der Waals surface area contributed by atoms with Crippen molar-refractivity contribution in [2.75, 3.05) is 26.2 Å². The average Bonchev–Trinajstić information content (AvgIpc) is 3.03. The van der Waals surface area contributed by atoms with Crippen LogP contribution in [0.3, 0.4) is 0 Å². The standard InChI is InChI=1S/C14H13F3N2O3S/c1-19(10-5-4-8(21-2)6-11(10)22-3)12(20)9-7-23-13(18-9)14(15,16)17/h4-7H,1-3H3. The molecule has 0 spiro atoms. The molecule has 0 aliphatic rings. The van der Waals surface area contributed by atoms with E-state index in [1.54, 1.807) is 18.2 Å². The molecule has 1 amide bonds. The molecule has 2 rings (SSSR count). The molecule has 0 aliphatic carbocycles. The van der Waals surface area contributed by atoms with Gasteiger partial charge in [0.1, 0.15) is 17.2 Å². The molecule has 0 unspecified atom stereocenters. The molecule has 0 N–H and O–H groups in total. The fraction of sp³-hybridized carbons (Fsp3) is 0.286. The summed E-state index contributed by atoms with van der Waals surface area (Å²) in [6.07, 6.45) is -4.57. The summed E-state index contributed by atoms with van der Waals surface area (Å²) in [6.45, 7) is 0. The second kappa shape index (κ2) is 6.45. The van der Waals surface area contributed by atoms with Crippen molar-refractivity contribution in [2.24, 2.45) is 0 Å². The van der Waals surface area contributed by atoms with Gasteiger partial charge in [0, 0.05) is 18.5 Å². The van der Waals surface area contributed by atoms with E-state index in [4.69, 9.17) is 9.47 Å². The number of halogens is 3. The molecule has 0 saturated heterocycles. The Labute approximate surface area is 134 Å². The number of rotatable bonds is 4. The maximum Gasteiger partial charge on any atom is 0.443 e. The second-order valence-electron chi connectivity index (χ2n) is 4.44. The predicted molar refractivity (Wildman–Crippen MR) is 79.4 cm³/mol. The van der Waals surface area contributed by atoms with E-state index in [2.05, 4.69) is 4.98 Å². The molecule has 5 nitrogen and oxygen atoms in total. The number of thiazole rings is 1. The first-order chi connectivity index (χ1) is 10.8. The molecule has 1 aromatic carbocycles. The van der Waals surface area contributed by atoms with E-state index in [1.165, 1.54) is 26.2 Å². The summed E-state index contributed by atoms with van der Waals surface area (Å²) in [7, 11) is 4.33. The maximum atomic E-state index is 12.6. The van der Waals surface area contributed by atoms with Gasteiger partial charge in [-0.3, -0.25) is 4.79 Å². The van der Waals surface area contributed by atoms with E-state index < -0.39 is 17.1 Å². The Bertz CT molecular complexity index is 716. The van der Waals surface area contributed by atoms with Gasteiger partial charge in [0.2, 0.25) is 0 Å². The zero-order chi connectivity index (χ0) is 17.2. The van der Waals surface area contributed by atoms with Gasteiger partial charge in [0.05, 0.1) is 19.9 Å². The fourth-order valence-electron chi connectivity index (χ4n) is 1.85. The highest BCUT2D eigenvalue weighted by molar-refractivity contribution is 7.10. The number of anilines is 1. The quantitative estimate of drug-likeness (QED) is 0.851. The van der Waals surface area contributed by atoms with Gasteiger partial charge in [-0.25, -0.2) is 4.98 Å². The van der Waals surface area contributed by atoms with Gasteiger partial charge in [-0.1, -0.05) is 0 Å². The molecule has 23 heavy (non-hydrogen) atoms. The monoisotopic (exact) mass is 346 g/mol. The first-order valence-electron chi connectivity index (χ1n) is 6.30. The van der Waals surface area contributed by atoms with E-state index in [1.807, 2.05) is 0 Å². The molecule has 124 valence electrons. The predicted octanol–water partition coefficient (Wildman–Crippen LogP) is 3.46. The highest BCUT2D eigenvalue weighted by atomic mass is 32.1. The summed E-state index contributed by atoms with van der Waals surface area (Å²) in [5.74, 6) is 0.214. The molecule has 0 atom stereocenters. The molecule has 9 heteroatoms. The molecule has 0 aliphatic heterocycles. The molecule has 0 saturated carbocycles. The zero-order valence-corrected chi connectivity index (χ0v) is 13.3. The van der Waals surface area contributed by atoms with Crippen LogP contribution in [0.25, 0.3) is 0 Å². The van der Waals surface area contributed by atoms with E-state index in [0.29, 0.717) is 28.5 Å². The van der Waals surface area contributed by atoms with Gasteiger partial charge >= 0.3 is 6.18 Å². The number of aromatic nitrogens is 1. The lowest BCUT2D eigenvalue weighted by molar-refractivity contribution is -0.137. The fourth-order valence-corrected chi connectivity index (χ4v) is 2.51. The van der Waals surface area contributed by atoms with Gasteiger partial charge in [-0.05, 0) is 12.1 Å². The van der Waals surface area contributed by atoms with Crippen LogP contribution in [0.4, 0.5) is 18.9 Å². The van der Waals surface area contributed by atoms with Crippen LogP contribution in [0, 0.1) is 0 Å². The third-order valence-corrected chi connectivity index (χ3v) is 3.91. The summed E-state index contributed by atoms with van der Waals surface area (Å²) in [5, 5.41) is 0.0217. The number of nitrogens with zero attached hydrogens (tertiary/aromatic N) is 2. The minimum absolute atomic E-state index is 0.275. The van der Waals surface area contributed by atoms with Crippen LogP contribution in [-0.2, 0) is 6.18 Å². The first kappa shape index (κ1) is 17.1. The normalized spacial score (nSPS) is 11.2. The number of benzene rings is 1. The third kappa shape index (κ3) is 3.55.